The number of ketones is 1. The summed E-state index contributed by atoms with van der Waals surface area (Å²) in [7, 11) is 0. The summed E-state index contributed by atoms with van der Waals surface area (Å²) in [6.45, 7) is 4.54. The Morgan fingerprint density at radius 2 is 1.68 bits per heavy atom. The Labute approximate surface area is 199 Å². The van der Waals surface area contributed by atoms with E-state index in [0.717, 1.165) is 52.9 Å². The van der Waals surface area contributed by atoms with Gasteiger partial charge in [0.05, 0.1) is 10.9 Å². The summed E-state index contributed by atoms with van der Waals surface area (Å²) in [6.07, 6.45) is 3.72. The predicted molar refractivity (Wildman–Crippen MR) is 132 cm³/mol. The van der Waals surface area contributed by atoms with E-state index < -0.39 is 5.41 Å². The zero-order valence-electron chi connectivity index (χ0n) is 19.6. The molecular formula is C30H28FNO2. The molecule has 0 radical (unpaired) electrons. The summed E-state index contributed by atoms with van der Waals surface area (Å²) < 4.78 is 22.4. The number of carbonyl (C=O) groups is 1. The van der Waals surface area contributed by atoms with Crippen LogP contribution in [0.4, 0.5) is 4.39 Å². The highest BCUT2D eigenvalue weighted by atomic mass is 19.1. The van der Waals surface area contributed by atoms with Gasteiger partial charge in [-0.1, -0.05) is 42.8 Å². The first-order chi connectivity index (χ1) is 16.4. The van der Waals surface area contributed by atoms with E-state index in [1.807, 2.05) is 44.2 Å². The van der Waals surface area contributed by atoms with Gasteiger partial charge in [0.2, 0.25) is 0 Å². The number of rotatable bonds is 4. The highest BCUT2D eigenvalue weighted by Gasteiger charge is 2.54. The number of aromatic nitrogens is 1. The third-order valence-electron chi connectivity index (χ3n) is 7.91. The largest absolute Gasteiger partial charge is 0.488 e. The minimum absolute atomic E-state index is 0.141. The van der Waals surface area contributed by atoms with E-state index in [0.29, 0.717) is 13.0 Å². The van der Waals surface area contributed by atoms with E-state index in [9.17, 15) is 9.18 Å². The molecule has 34 heavy (non-hydrogen) atoms. The van der Waals surface area contributed by atoms with Crippen molar-refractivity contribution >= 4 is 16.7 Å². The summed E-state index contributed by atoms with van der Waals surface area (Å²) in [5.74, 6) is 0.847. The molecule has 0 bridgehead atoms. The van der Waals surface area contributed by atoms with Gasteiger partial charge >= 0.3 is 0 Å². The average molecular weight is 454 g/mol. The van der Waals surface area contributed by atoms with Crippen LogP contribution in [0.25, 0.3) is 16.6 Å². The monoisotopic (exact) mass is 453 g/mol. The highest BCUT2D eigenvalue weighted by molar-refractivity contribution is 6.01. The zero-order valence-corrected chi connectivity index (χ0v) is 19.6. The Hall–Kier alpha value is -3.40. The van der Waals surface area contributed by atoms with Crippen LogP contribution in [0.1, 0.15) is 56.4 Å². The van der Waals surface area contributed by atoms with Crippen LogP contribution in [0.15, 0.2) is 72.8 Å². The van der Waals surface area contributed by atoms with Crippen LogP contribution in [0.3, 0.4) is 0 Å². The summed E-state index contributed by atoms with van der Waals surface area (Å²) in [4.78, 5) is 13.5. The molecule has 1 heterocycles. The molecule has 6 rings (SSSR count). The van der Waals surface area contributed by atoms with Crippen LogP contribution in [0.5, 0.6) is 5.75 Å². The standard InChI is InChI=1S/C30H28FNO2/c1-29(2)25(33)18-30(16-7-17-30)27-26-23(32(28(27)29)22-14-12-21(31)13-15-22)10-6-11-24(26)34-19-20-8-4-3-5-9-20/h3-6,8-15H,7,16-19H2,1-2H3. The normalized spacial score (nSPS) is 18.0. The lowest BCUT2D eigenvalue weighted by Gasteiger charge is -2.49. The molecule has 0 saturated heterocycles. The summed E-state index contributed by atoms with van der Waals surface area (Å²) in [5, 5.41) is 1.10. The zero-order chi connectivity index (χ0) is 23.5. The fourth-order valence-corrected chi connectivity index (χ4v) is 5.91. The quantitative estimate of drug-likeness (QED) is 0.332. The van der Waals surface area contributed by atoms with Crippen molar-refractivity contribution in [3.8, 4) is 11.4 Å². The van der Waals surface area contributed by atoms with Crippen LogP contribution in [-0.4, -0.2) is 10.4 Å². The molecule has 2 aliphatic carbocycles. The molecule has 1 saturated carbocycles. The van der Waals surface area contributed by atoms with Crippen LogP contribution >= 0.6 is 0 Å². The van der Waals surface area contributed by atoms with Gasteiger partial charge in [-0.2, -0.15) is 0 Å². The number of nitrogens with zero attached hydrogens (tertiary/aromatic N) is 1. The molecule has 3 aromatic carbocycles. The second-order valence-corrected chi connectivity index (χ2v) is 10.3. The maximum absolute atomic E-state index is 13.8. The molecule has 0 atom stereocenters. The van der Waals surface area contributed by atoms with Crippen molar-refractivity contribution in [1.29, 1.82) is 0 Å². The lowest BCUT2D eigenvalue weighted by molar-refractivity contribution is -0.127. The fraction of sp³-hybridized carbons (Fsp3) is 0.300. The summed E-state index contributed by atoms with van der Waals surface area (Å²) >= 11 is 0. The minimum atomic E-state index is -0.653. The van der Waals surface area contributed by atoms with Crippen molar-refractivity contribution in [1.82, 2.24) is 4.57 Å². The van der Waals surface area contributed by atoms with Gasteiger partial charge in [0.15, 0.2) is 0 Å². The number of Topliss-reactive ketones (excluding diaryl/α,β-unsaturated/α-hetero) is 1. The highest BCUT2D eigenvalue weighted by Crippen LogP contribution is 2.58. The van der Waals surface area contributed by atoms with Crippen molar-refractivity contribution in [3.63, 3.8) is 0 Å². The third kappa shape index (κ3) is 3.04. The Bertz CT molecular complexity index is 1400. The molecule has 1 spiro atoms. The molecule has 4 aromatic rings. The third-order valence-corrected chi connectivity index (χ3v) is 7.91. The molecule has 172 valence electrons. The average Bonchev–Trinajstić information content (AvgIpc) is 3.18. The van der Waals surface area contributed by atoms with Crippen LogP contribution in [0.2, 0.25) is 0 Å². The van der Waals surface area contributed by atoms with E-state index in [1.165, 1.54) is 17.7 Å². The number of fused-ring (bicyclic) bond motifs is 4. The SMILES string of the molecule is CC1(C)C(=O)CC2(CCC2)c2c1n(-c1ccc(F)cc1)c1cccc(OCc3ccccc3)c21. The number of carbonyl (C=O) groups excluding carboxylic acids is 1. The second kappa shape index (κ2) is 7.56. The minimum Gasteiger partial charge on any atom is -0.488 e. The van der Waals surface area contributed by atoms with Crippen molar-refractivity contribution in [2.45, 2.75) is 57.0 Å². The number of ether oxygens (including phenoxy) is 1. The fourth-order valence-electron chi connectivity index (χ4n) is 5.91. The van der Waals surface area contributed by atoms with Gasteiger partial charge in [-0.25, -0.2) is 4.39 Å². The van der Waals surface area contributed by atoms with Gasteiger partial charge in [0.1, 0.15) is 24.0 Å². The number of hydrogen-bond donors (Lipinski definition) is 0. The number of halogens is 1. The Kier molecular flexibility index (Phi) is 4.70. The molecular weight excluding hydrogens is 425 g/mol. The first-order valence-electron chi connectivity index (χ1n) is 12.1. The van der Waals surface area contributed by atoms with Gasteiger partial charge < -0.3 is 9.30 Å². The van der Waals surface area contributed by atoms with E-state index in [4.69, 9.17) is 4.74 Å². The van der Waals surface area contributed by atoms with Gasteiger partial charge in [0.25, 0.3) is 0 Å². The maximum atomic E-state index is 13.8. The summed E-state index contributed by atoms with van der Waals surface area (Å²) in [5.41, 5.74) is 4.48. The van der Waals surface area contributed by atoms with Crippen molar-refractivity contribution in [3.05, 3.63) is 95.4 Å². The Balaban J connectivity index is 1.64. The maximum Gasteiger partial charge on any atom is 0.145 e. The molecule has 1 aromatic heterocycles. The van der Waals surface area contributed by atoms with Crippen molar-refractivity contribution in [2.24, 2.45) is 0 Å². The molecule has 0 unspecified atom stereocenters. The molecule has 0 amide bonds. The molecule has 0 aliphatic heterocycles. The van der Waals surface area contributed by atoms with Gasteiger partial charge in [-0.3, -0.25) is 4.79 Å². The Morgan fingerprint density at radius 1 is 0.941 bits per heavy atom. The van der Waals surface area contributed by atoms with Crippen LogP contribution in [-0.2, 0) is 22.2 Å². The van der Waals surface area contributed by atoms with Crippen molar-refractivity contribution < 1.29 is 13.9 Å². The smallest absolute Gasteiger partial charge is 0.145 e. The summed E-state index contributed by atoms with van der Waals surface area (Å²) in [6, 6.07) is 22.9. The number of hydrogen-bond acceptors (Lipinski definition) is 2. The molecule has 2 aliphatic rings. The van der Waals surface area contributed by atoms with Crippen LogP contribution in [0, 0.1) is 5.82 Å². The first kappa shape index (κ1) is 21.2. The molecule has 0 N–H and O–H groups in total. The lowest BCUT2D eigenvalue weighted by atomic mass is 9.54. The van der Waals surface area contributed by atoms with Crippen LogP contribution < -0.4 is 4.74 Å². The van der Waals surface area contributed by atoms with E-state index in [-0.39, 0.29) is 17.0 Å². The lowest BCUT2D eigenvalue weighted by Crippen LogP contribution is -2.48. The van der Waals surface area contributed by atoms with Gasteiger partial charge in [-0.15, -0.1) is 0 Å². The van der Waals surface area contributed by atoms with E-state index in [2.05, 4.69) is 22.8 Å². The van der Waals surface area contributed by atoms with E-state index >= 15 is 0 Å². The molecule has 3 nitrogen and oxygen atoms in total. The topological polar surface area (TPSA) is 31.2 Å². The number of benzene rings is 3. The Morgan fingerprint density at radius 3 is 2.35 bits per heavy atom. The molecule has 4 heteroatoms. The second-order valence-electron chi connectivity index (χ2n) is 10.3. The molecule has 1 fully saturated rings. The van der Waals surface area contributed by atoms with Gasteiger partial charge in [-0.05, 0) is 74.2 Å². The van der Waals surface area contributed by atoms with Crippen molar-refractivity contribution in [2.75, 3.05) is 0 Å². The van der Waals surface area contributed by atoms with Gasteiger partial charge in [0, 0.05) is 28.6 Å². The first-order valence-corrected chi connectivity index (χ1v) is 12.1. The predicted octanol–water partition coefficient (Wildman–Crippen LogP) is 7.02. The van der Waals surface area contributed by atoms with E-state index in [1.54, 1.807) is 12.1 Å².